The summed E-state index contributed by atoms with van der Waals surface area (Å²) in [6, 6.07) is 6.27. The normalized spacial score (nSPS) is 44.0. The molecule has 4 aliphatic carbocycles. The number of hydrogen-bond donors (Lipinski definition) is 2. The average molecular weight is 498 g/mol. The Labute approximate surface area is 214 Å². The van der Waals surface area contributed by atoms with Gasteiger partial charge in [0.1, 0.15) is 5.52 Å². The monoisotopic (exact) mass is 497 g/mol. The molecule has 4 fully saturated rings. The lowest BCUT2D eigenvalue weighted by molar-refractivity contribution is -0.150. The highest BCUT2D eigenvalue weighted by atomic mass is 32.2. The molecule has 1 heterocycles. The molecule has 2 unspecified atom stereocenters. The molecule has 0 aliphatic heterocycles. The first-order valence-electron chi connectivity index (χ1n) is 13.9. The van der Waals surface area contributed by atoms with Gasteiger partial charge in [-0.2, -0.15) is 0 Å². The number of aromatic nitrogens is 3. The van der Waals surface area contributed by atoms with Gasteiger partial charge in [0.25, 0.3) is 0 Å². The molecule has 6 rings (SSSR count). The maximum absolute atomic E-state index is 11.6. The van der Waals surface area contributed by atoms with E-state index in [-0.39, 0.29) is 11.5 Å². The third-order valence-corrected chi connectivity index (χ3v) is 12.3. The molecular formula is C29H43N3O2S. The minimum absolute atomic E-state index is 0.213. The van der Waals surface area contributed by atoms with Crippen molar-refractivity contribution in [1.29, 1.82) is 0 Å². The van der Waals surface area contributed by atoms with Crippen molar-refractivity contribution < 1.29 is 10.2 Å². The number of rotatable bonds is 4. The van der Waals surface area contributed by atoms with Gasteiger partial charge in [0.2, 0.25) is 0 Å². The average Bonchev–Trinajstić information content (AvgIpc) is 3.39. The first kappa shape index (κ1) is 24.2. The number of benzene rings is 1. The van der Waals surface area contributed by atoms with Gasteiger partial charge in [-0.15, -0.1) is 16.9 Å². The molecule has 0 bridgehead atoms. The predicted molar refractivity (Wildman–Crippen MR) is 141 cm³/mol. The molecule has 6 heteroatoms. The van der Waals surface area contributed by atoms with Gasteiger partial charge in [0.15, 0.2) is 0 Å². The molecular weight excluding hydrogens is 454 g/mol. The van der Waals surface area contributed by atoms with Crippen LogP contribution in [0.15, 0.2) is 23.1 Å². The largest absolute Gasteiger partial charge is 0.391 e. The van der Waals surface area contributed by atoms with Gasteiger partial charge < -0.3 is 10.2 Å². The maximum atomic E-state index is 11.6. The maximum Gasteiger partial charge on any atom is 0.113 e. The van der Waals surface area contributed by atoms with Gasteiger partial charge in [-0.3, -0.25) is 0 Å². The molecule has 9 atom stereocenters. The first-order valence-corrected chi connectivity index (χ1v) is 15.1. The van der Waals surface area contributed by atoms with E-state index in [0.29, 0.717) is 23.8 Å². The van der Waals surface area contributed by atoms with Crippen LogP contribution in [0.1, 0.15) is 78.6 Å². The number of aliphatic hydroxyl groups is 2. The summed E-state index contributed by atoms with van der Waals surface area (Å²) in [5.74, 6) is 3.29. The van der Waals surface area contributed by atoms with E-state index in [1.807, 2.05) is 10.7 Å². The Morgan fingerprint density at radius 1 is 1.03 bits per heavy atom. The van der Waals surface area contributed by atoms with E-state index < -0.39 is 5.60 Å². The second-order valence-corrected chi connectivity index (χ2v) is 14.2. The molecule has 35 heavy (non-hydrogen) atoms. The second-order valence-electron chi connectivity index (χ2n) is 13.3. The van der Waals surface area contributed by atoms with Crippen molar-refractivity contribution in [3.63, 3.8) is 0 Å². The predicted octanol–water partition coefficient (Wildman–Crippen LogP) is 5.92. The van der Waals surface area contributed by atoms with Crippen molar-refractivity contribution in [1.82, 2.24) is 15.0 Å². The van der Waals surface area contributed by atoms with E-state index in [0.717, 1.165) is 48.0 Å². The van der Waals surface area contributed by atoms with Crippen LogP contribution in [0.5, 0.6) is 0 Å². The van der Waals surface area contributed by atoms with E-state index in [1.165, 1.54) is 43.4 Å². The lowest BCUT2D eigenvalue weighted by atomic mass is 9.44. The van der Waals surface area contributed by atoms with Crippen LogP contribution < -0.4 is 0 Å². The summed E-state index contributed by atoms with van der Waals surface area (Å²) in [4.78, 5) is 1.20. The highest BCUT2D eigenvalue weighted by Gasteiger charge is 2.61. The van der Waals surface area contributed by atoms with E-state index in [2.05, 4.69) is 49.5 Å². The van der Waals surface area contributed by atoms with E-state index >= 15 is 0 Å². The number of aliphatic hydroxyl groups excluding tert-OH is 1. The zero-order valence-corrected chi connectivity index (χ0v) is 22.7. The lowest BCUT2D eigenvalue weighted by Gasteiger charge is -2.62. The van der Waals surface area contributed by atoms with Crippen LogP contribution in [-0.4, -0.2) is 43.2 Å². The third kappa shape index (κ3) is 3.80. The first-order chi connectivity index (χ1) is 16.6. The molecule has 0 amide bonds. The third-order valence-electron chi connectivity index (χ3n) is 11.6. The molecule has 4 saturated carbocycles. The summed E-state index contributed by atoms with van der Waals surface area (Å²) < 4.78 is 1.93. The minimum Gasteiger partial charge on any atom is -0.391 e. The van der Waals surface area contributed by atoms with Crippen molar-refractivity contribution in [2.45, 2.75) is 102 Å². The number of nitrogens with zero attached hydrogens (tertiary/aromatic N) is 3. The molecule has 0 spiro atoms. The number of fused-ring (bicyclic) bond motifs is 6. The standard InChI is InChI=1S/C29H43N3O2S/c1-27(34)13-14-28(2)18(16-27)5-7-20-21-8-9-23(29(21,3)12-11-22(20)28)26(33)17-32-25-15-19(35-4)6-10-24(25)30-31-32/h6,10,15,18,20-23,26,33-34H,5,7-9,11-14,16-17H2,1-4H3/t18-,20?,21+,22+,23-,26?,27-,28+,29+/m1/s1. The van der Waals surface area contributed by atoms with Crippen LogP contribution in [0.25, 0.3) is 11.0 Å². The Morgan fingerprint density at radius 2 is 1.83 bits per heavy atom. The summed E-state index contributed by atoms with van der Waals surface area (Å²) in [6.45, 7) is 7.65. The molecule has 192 valence electrons. The van der Waals surface area contributed by atoms with Crippen LogP contribution in [-0.2, 0) is 6.54 Å². The highest BCUT2D eigenvalue weighted by Crippen LogP contribution is 2.68. The molecule has 1 aromatic carbocycles. The van der Waals surface area contributed by atoms with Crippen LogP contribution in [0.2, 0.25) is 0 Å². The number of hydrogen-bond acceptors (Lipinski definition) is 5. The van der Waals surface area contributed by atoms with Gasteiger partial charge in [-0.05, 0) is 130 Å². The van der Waals surface area contributed by atoms with Gasteiger partial charge in [-0.1, -0.05) is 19.1 Å². The van der Waals surface area contributed by atoms with E-state index in [9.17, 15) is 10.2 Å². The molecule has 0 saturated heterocycles. The van der Waals surface area contributed by atoms with Crippen LogP contribution in [0.4, 0.5) is 0 Å². The molecule has 4 aliphatic rings. The van der Waals surface area contributed by atoms with Crippen molar-refractivity contribution in [2.75, 3.05) is 6.26 Å². The molecule has 1 aromatic heterocycles. The summed E-state index contributed by atoms with van der Waals surface area (Å²) in [5.41, 5.74) is 2.06. The fraction of sp³-hybridized carbons (Fsp3) is 0.793. The van der Waals surface area contributed by atoms with E-state index in [4.69, 9.17) is 0 Å². The zero-order chi connectivity index (χ0) is 24.6. The summed E-state index contributed by atoms with van der Waals surface area (Å²) in [5, 5.41) is 31.1. The smallest absolute Gasteiger partial charge is 0.113 e. The summed E-state index contributed by atoms with van der Waals surface area (Å²) in [7, 11) is 0. The van der Waals surface area contributed by atoms with Crippen molar-refractivity contribution in [3.8, 4) is 0 Å². The Balaban J connectivity index is 1.21. The van der Waals surface area contributed by atoms with Crippen molar-refractivity contribution in [2.24, 2.45) is 40.4 Å². The fourth-order valence-corrected chi connectivity index (χ4v) is 10.0. The summed E-state index contributed by atoms with van der Waals surface area (Å²) in [6.07, 6.45) is 12.3. The number of thioether (sulfide) groups is 1. The molecule has 5 nitrogen and oxygen atoms in total. The van der Waals surface area contributed by atoms with Gasteiger partial charge in [-0.25, -0.2) is 4.68 Å². The van der Waals surface area contributed by atoms with Crippen LogP contribution >= 0.6 is 11.8 Å². The Kier molecular flexibility index (Phi) is 5.86. The fourth-order valence-electron chi connectivity index (χ4n) is 9.62. The lowest BCUT2D eigenvalue weighted by Crippen LogP contribution is -2.56. The molecule has 0 radical (unpaired) electrons. The summed E-state index contributed by atoms with van der Waals surface area (Å²) >= 11 is 1.73. The van der Waals surface area contributed by atoms with Crippen molar-refractivity contribution in [3.05, 3.63) is 18.2 Å². The minimum atomic E-state index is -0.467. The van der Waals surface area contributed by atoms with Gasteiger partial charge in [0.05, 0.1) is 23.8 Å². The Morgan fingerprint density at radius 3 is 2.63 bits per heavy atom. The molecule has 2 N–H and O–H groups in total. The molecule has 2 aromatic rings. The van der Waals surface area contributed by atoms with Gasteiger partial charge in [0, 0.05) is 4.90 Å². The highest BCUT2D eigenvalue weighted by molar-refractivity contribution is 7.98. The van der Waals surface area contributed by atoms with E-state index in [1.54, 1.807) is 11.8 Å². The van der Waals surface area contributed by atoms with Crippen LogP contribution in [0, 0.1) is 40.4 Å². The Hall–Kier alpha value is -1.11. The van der Waals surface area contributed by atoms with Crippen molar-refractivity contribution >= 4 is 22.8 Å². The van der Waals surface area contributed by atoms with Crippen LogP contribution in [0.3, 0.4) is 0 Å². The second kappa shape index (κ2) is 8.46. The SMILES string of the molecule is CSc1ccc2nnn(CC(O)[C@H]3CC[C@H]4C5CC[C@@H]6C[C@](C)(O)CC[C@]6(C)[C@H]5CC[C@]34C)c2c1. The topological polar surface area (TPSA) is 71.2 Å². The zero-order valence-electron chi connectivity index (χ0n) is 21.9. The Bertz CT molecular complexity index is 1100. The van der Waals surface area contributed by atoms with Gasteiger partial charge >= 0.3 is 0 Å². The quantitative estimate of drug-likeness (QED) is 0.513.